The average Bonchev–Trinajstić information content (AvgIpc) is 2.98. The second kappa shape index (κ2) is 9.66. The van der Waals surface area contributed by atoms with Crippen LogP contribution in [-0.4, -0.2) is 42.9 Å². The highest BCUT2D eigenvalue weighted by Crippen LogP contribution is 2.30. The molecule has 2 heterocycles. The van der Waals surface area contributed by atoms with E-state index in [4.69, 9.17) is 4.74 Å². The number of nitrogens with zero attached hydrogens (tertiary/aromatic N) is 1. The van der Waals surface area contributed by atoms with Crippen molar-refractivity contribution in [1.29, 1.82) is 0 Å². The quantitative estimate of drug-likeness (QED) is 0.471. The smallest absolute Gasteiger partial charge is 0.273 e. The maximum absolute atomic E-state index is 14.4. The van der Waals surface area contributed by atoms with E-state index in [0.29, 0.717) is 35.8 Å². The van der Waals surface area contributed by atoms with Crippen molar-refractivity contribution in [2.24, 2.45) is 0 Å². The highest BCUT2D eigenvalue weighted by atomic mass is 127. The third-order valence-electron chi connectivity index (χ3n) is 4.54. The summed E-state index contributed by atoms with van der Waals surface area (Å²) in [4.78, 5) is 26.9. The molecule has 3 rings (SSSR count). The highest BCUT2D eigenvalue weighted by molar-refractivity contribution is 14.1. The number of nitrogens with one attached hydrogen (secondary N) is 2. The molecule has 1 saturated heterocycles. The number of amides is 2. The first-order valence-corrected chi connectivity index (χ1v) is 10.9. The third kappa shape index (κ3) is 4.81. The highest BCUT2D eigenvalue weighted by Gasteiger charge is 2.23. The van der Waals surface area contributed by atoms with E-state index in [2.05, 4.69) is 8.85 Å². The molecule has 2 aromatic rings. The van der Waals surface area contributed by atoms with E-state index in [-0.39, 0.29) is 17.4 Å². The molecule has 0 aliphatic carbocycles. The number of ether oxygens (including phenoxy) is 1. The first kappa shape index (κ1) is 21.0. The van der Waals surface area contributed by atoms with Gasteiger partial charge in [0, 0.05) is 19.6 Å². The molecule has 28 heavy (non-hydrogen) atoms. The first-order valence-electron chi connectivity index (χ1n) is 8.96. The molecule has 1 aliphatic rings. The number of hydrogen-bond donors (Lipinski definition) is 2. The summed E-state index contributed by atoms with van der Waals surface area (Å²) in [7, 11) is 0. The monoisotopic (exact) mass is 517 g/mol. The fourth-order valence-electron chi connectivity index (χ4n) is 3.04. The second-order valence-corrected chi connectivity index (χ2v) is 7.89. The summed E-state index contributed by atoms with van der Waals surface area (Å²) in [5.41, 5.74) is 0.718. The minimum Gasteiger partial charge on any atom is -0.484 e. The third-order valence-corrected chi connectivity index (χ3v) is 5.93. The van der Waals surface area contributed by atoms with Crippen LogP contribution in [0, 0.1) is 5.82 Å². The molecule has 2 N–H and O–H groups in total. The van der Waals surface area contributed by atoms with Gasteiger partial charge in [-0.3, -0.25) is 13.1 Å². The summed E-state index contributed by atoms with van der Waals surface area (Å²) in [6.07, 6.45) is 0.389. The maximum atomic E-state index is 14.4. The Balaban J connectivity index is 1.79. The molecule has 0 bridgehead atoms. The zero-order valence-electron chi connectivity index (χ0n) is 15.3. The van der Waals surface area contributed by atoms with E-state index in [1.165, 1.54) is 17.4 Å². The van der Waals surface area contributed by atoms with Crippen molar-refractivity contribution in [1.82, 2.24) is 13.7 Å². The van der Waals surface area contributed by atoms with Crippen molar-refractivity contribution in [3.05, 3.63) is 51.5 Å². The van der Waals surface area contributed by atoms with E-state index in [9.17, 15) is 14.0 Å². The molecule has 2 amide bonds. The SMILES string of the molecule is CC(Oc1ccsc1C(=O)NI)c1ccc(F)c(C(=O)N2CCCNCC2)c1. The fraction of sp³-hybridized carbons (Fsp3) is 0.368. The normalized spacial score (nSPS) is 15.6. The zero-order chi connectivity index (χ0) is 20.1. The van der Waals surface area contributed by atoms with Crippen molar-refractivity contribution in [2.75, 3.05) is 26.2 Å². The lowest BCUT2D eigenvalue weighted by atomic mass is 10.0. The summed E-state index contributed by atoms with van der Waals surface area (Å²) in [6.45, 7) is 4.52. The average molecular weight is 517 g/mol. The molecule has 150 valence electrons. The van der Waals surface area contributed by atoms with Crippen LogP contribution in [-0.2, 0) is 0 Å². The summed E-state index contributed by atoms with van der Waals surface area (Å²) in [5.74, 6) is -0.626. The molecule has 0 saturated carbocycles. The molecule has 0 radical (unpaired) electrons. The number of benzene rings is 1. The Labute approximate surface area is 180 Å². The van der Waals surface area contributed by atoms with Crippen LogP contribution in [0.1, 0.15) is 45.0 Å². The molecule has 0 spiro atoms. The molecule has 1 unspecified atom stereocenters. The molecular formula is C19H21FIN3O3S. The number of rotatable bonds is 5. The van der Waals surface area contributed by atoms with Gasteiger partial charge in [-0.15, -0.1) is 11.3 Å². The van der Waals surface area contributed by atoms with Crippen molar-refractivity contribution >= 4 is 46.0 Å². The second-order valence-electron chi connectivity index (χ2n) is 6.43. The van der Waals surface area contributed by atoms with Crippen LogP contribution < -0.4 is 13.6 Å². The topological polar surface area (TPSA) is 70.7 Å². The minimum atomic E-state index is -0.543. The Kier molecular flexibility index (Phi) is 7.24. The Bertz CT molecular complexity index is 853. The molecule has 1 aromatic carbocycles. The van der Waals surface area contributed by atoms with Gasteiger partial charge in [0.1, 0.15) is 22.5 Å². The number of halogens is 2. The van der Waals surface area contributed by atoms with Gasteiger partial charge in [-0.05, 0) is 49.0 Å². The Morgan fingerprint density at radius 1 is 1.32 bits per heavy atom. The lowest BCUT2D eigenvalue weighted by Crippen LogP contribution is -2.34. The standard InChI is InChI=1S/C19H21FIN3O3S/c1-12(27-16-5-10-28-17(16)18(25)23-21)13-3-4-15(20)14(11-13)19(26)24-8-2-6-22-7-9-24/h3-5,10-12,22H,2,6-9H2,1H3,(H,23,25). The maximum Gasteiger partial charge on any atom is 0.273 e. The summed E-state index contributed by atoms with van der Waals surface area (Å²) < 4.78 is 22.9. The van der Waals surface area contributed by atoms with Crippen LogP contribution in [0.5, 0.6) is 5.75 Å². The van der Waals surface area contributed by atoms with Gasteiger partial charge in [-0.25, -0.2) is 4.39 Å². The van der Waals surface area contributed by atoms with Crippen LogP contribution in [0.15, 0.2) is 29.6 Å². The number of carbonyl (C=O) groups excluding carboxylic acids is 2. The van der Waals surface area contributed by atoms with Crippen LogP contribution in [0.2, 0.25) is 0 Å². The Morgan fingerprint density at radius 3 is 2.93 bits per heavy atom. The van der Waals surface area contributed by atoms with Crippen LogP contribution >= 0.6 is 34.2 Å². The molecule has 1 aliphatic heterocycles. The zero-order valence-corrected chi connectivity index (χ0v) is 18.3. The van der Waals surface area contributed by atoms with Gasteiger partial charge in [0.2, 0.25) is 0 Å². The fourth-order valence-corrected chi connectivity index (χ4v) is 4.21. The van der Waals surface area contributed by atoms with Gasteiger partial charge in [0.15, 0.2) is 0 Å². The predicted octanol–water partition coefficient (Wildman–Crippen LogP) is 3.54. The van der Waals surface area contributed by atoms with Gasteiger partial charge in [-0.1, -0.05) is 6.07 Å². The summed E-state index contributed by atoms with van der Waals surface area (Å²) in [6, 6.07) is 6.17. The van der Waals surface area contributed by atoms with Crippen molar-refractivity contribution in [3.63, 3.8) is 0 Å². The van der Waals surface area contributed by atoms with Crippen molar-refractivity contribution < 1.29 is 18.7 Å². The van der Waals surface area contributed by atoms with E-state index in [1.807, 2.05) is 0 Å². The van der Waals surface area contributed by atoms with Gasteiger partial charge < -0.3 is 15.0 Å². The summed E-state index contributed by atoms with van der Waals surface area (Å²) >= 11 is 3.06. The molecule has 1 aromatic heterocycles. The number of hydrogen-bond acceptors (Lipinski definition) is 5. The van der Waals surface area contributed by atoms with Gasteiger partial charge in [0.05, 0.1) is 28.4 Å². The largest absolute Gasteiger partial charge is 0.484 e. The van der Waals surface area contributed by atoms with Gasteiger partial charge in [-0.2, -0.15) is 0 Å². The number of carbonyl (C=O) groups is 2. The lowest BCUT2D eigenvalue weighted by molar-refractivity contribution is 0.0761. The number of thiophene rings is 1. The predicted molar refractivity (Wildman–Crippen MR) is 115 cm³/mol. The minimum absolute atomic E-state index is 0.0467. The van der Waals surface area contributed by atoms with Crippen LogP contribution in [0.25, 0.3) is 0 Å². The van der Waals surface area contributed by atoms with E-state index in [1.54, 1.807) is 58.3 Å². The first-order chi connectivity index (χ1) is 13.5. The van der Waals surface area contributed by atoms with Crippen LogP contribution in [0.4, 0.5) is 4.39 Å². The van der Waals surface area contributed by atoms with E-state index >= 15 is 0 Å². The molecular weight excluding hydrogens is 496 g/mol. The van der Waals surface area contributed by atoms with Gasteiger partial charge >= 0.3 is 0 Å². The van der Waals surface area contributed by atoms with Gasteiger partial charge in [0.25, 0.3) is 11.8 Å². The Hall–Kier alpha value is -1.72. The Morgan fingerprint density at radius 2 is 2.14 bits per heavy atom. The molecule has 1 atom stereocenters. The lowest BCUT2D eigenvalue weighted by Gasteiger charge is -2.21. The van der Waals surface area contributed by atoms with E-state index in [0.717, 1.165) is 13.0 Å². The van der Waals surface area contributed by atoms with Crippen molar-refractivity contribution in [2.45, 2.75) is 19.4 Å². The van der Waals surface area contributed by atoms with E-state index < -0.39 is 11.9 Å². The summed E-state index contributed by atoms with van der Waals surface area (Å²) in [5, 5.41) is 5.01. The van der Waals surface area contributed by atoms with Crippen LogP contribution in [0.3, 0.4) is 0 Å². The molecule has 1 fully saturated rings. The molecule has 6 nitrogen and oxygen atoms in total. The van der Waals surface area contributed by atoms with Crippen molar-refractivity contribution in [3.8, 4) is 5.75 Å². The molecule has 9 heteroatoms.